The normalized spacial score (nSPS) is 13.2. The third-order valence-electron chi connectivity index (χ3n) is 3.88. The van der Waals surface area contributed by atoms with Gasteiger partial charge >= 0.3 is 0 Å². The van der Waals surface area contributed by atoms with Gasteiger partial charge in [0, 0.05) is 11.1 Å². The molecule has 2 rings (SSSR count). The molecule has 0 fully saturated rings. The Bertz CT molecular complexity index is 564. The topological polar surface area (TPSA) is 12.0 Å². The molecule has 0 heterocycles. The van der Waals surface area contributed by atoms with Crippen LogP contribution in [-0.4, -0.2) is 7.05 Å². The van der Waals surface area contributed by atoms with Gasteiger partial charge in [0.1, 0.15) is 0 Å². The summed E-state index contributed by atoms with van der Waals surface area (Å²) in [5.74, 6) is 0. The van der Waals surface area contributed by atoms with Crippen molar-refractivity contribution >= 4 is 11.6 Å². The van der Waals surface area contributed by atoms with E-state index in [1.165, 1.54) is 16.7 Å². The zero-order valence-electron chi connectivity index (χ0n) is 13.3. The molecule has 2 aromatic carbocycles. The Morgan fingerprint density at radius 2 is 1.52 bits per heavy atom. The fraction of sp³-hybridized carbons (Fsp3) is 0.368. The lowest BCUT2D eigenvalue weighted by atomic mass is 9.86. The van der Waals surface area contributed by atoms with E-state index in [1.54, 1.807) is 0 Å². The van der Waals surface area contributed by atoms with E-state index in [-0.39, 0.29) is 5.41 Å². The second-order valence-electron chi connectivity index (χ2n) is 6.54. The smallest absolute Gasteiger partial charge is 0.0406 e. The molecule has 2 heteroatoms. The van der Waals surface area contributed by atoms with Crippen molar-refractivity contribution in [3.8, 4) is 0 Å². The van der Waals surface area contributed by atoms with Crippen LogP contribution in [0, 0.1) is 0 Å². The Kier molecular flexibility index (Phi) is 5.08. The minimum atomic E-state index is 0.205. The van der Waals surface area contributed by atoms with Crippen LogP contribution in [0.25, 0.3) is 0 Å². The molecule has 0 aliphatic rings. The molecule has 2 aromatic rings. The highest BCUT2D eigenvalue weighted by atomic mass is 35.5. The van der Waals surface area contributed by atoms with Crippen LogP contribution in [0.5, 0.6) is 0 Å². The van der Waals surface area contributed by atoms with Gasteiger partial charge in [-0.25, -0.2) is 0 Å². The number of nitrogens with one attached hydrogen (secondary N) is 1. The zero-order valence-corrected chi connectivity index (χ0v) is 14.0. The van der Waals surface area contributed by atoms with Crippen molar-refractivity contribution in [2.75, 3.05) is 7.05 Å². The lowest BCUT2D eigenvalue weighted by molar-refractivity contribution is 0.583. The van der Waals surface area contributed by atoms with Crippen LogP contribution in [-0.2, 0) is 11.8 Å². The van der Waals surface area contributed by atoms with Crippen LogP contribution in [0.15, 0.2) is 48.5 Å². The highest BCUT2D eigenvalue weighted by molar-refractivity contribution is 6.30. The number of rotatable bonds is 4. The van der Waals surface area contributed by atoms with Crippen molar-refractivity contribution < 1.29 is 0 Å². The van der Waals surface area contributed by atoms with E-state index >= 15 is 0 Å². The van der Waals surface area contributed by atoms with E-state index < -0.39 is 0 Å². The van der Waals surface area contributed by atoms with Gasteiger partial charge < -0.3 is 5.32 Å². The van der Waals surface area contributed by atoms with Crippen molar-refractivity contribution in [1.82, 2.24) is 5.32 Å². The quantitative estimate of drug-likeness (QED) is 0.824. The van der Waals surface area contributed by atoms with E-state index in [9.17, 15) is 0 Å². The fourth-order valence-corrected chi connectivity index (χ4v) is 2.58. The molecule has 0 saturated carbocycles. The first-order valence-electron chi connectivity index (χ1n) is 7.42. The predicted molar refractivity (Wildman–Crippen MR) is 92.1 cm³/mol. The molecule has 0 radical (unpaired) electrons. The van der Waals surface area contributed by atoms with Crippen LogP contribution < -0.4 is 5.32 Å². The lowest BCUT2D eigenvalue weighted by Crippen LogP contribution is -2.19. The van der Waals surface area contributed by atoms with Gasteiger partial charge in [0.25, 0.3) is 0 Å². The highest BCUT2D eigenvalue weighted by Crippen LogP contribution is 2.24. The van der Waals surface area contributed by atoms with Crippen molar-refractivity contribution in [3.63, 3.8) is 0 Å². The first-order chi connectivity index (χ1) is 9.90. The second-order valence-corrected chi connectivity index (χ2v) is 6.98. The third-order valence-corrected chi connectivity index (χ3v) is 4.13. The predicted octanol–water partition coefficient (Wildman–Crippen LogP) is 5.14. The average molecular weight is 302 g/mol. The lowest BCUT2D eigenvalue weighted by Gasteiger charge is -2.20. The summed E-state index contributed by atoms with van der Waals surface area (Å²) < 4.78 is 0. The molecule has 112 valence electrons. The van der Waals surface area contributed by atoms with Crippen LogP contribution in [0.4, 0.5) is 0 Å². The number of likely N-dealkylation sites (N-methyl/N-ethyl adjacent to an activating group) is 1. The SMILES string of the molecule is CNC(Cc1ccc(C(C)(C)C)cc1)c1ccc(Cl)cc1. The summed E-state index contributed by atoms with van der Waals surface area (Å²) in [5.41, 5.74) is 4.19. The number of benzene rings is 2. The molecule has 0 aromatic heterocycles. The summed E-state index contributed by atoms with van der Waals surface area (Å²) in [6.45, 7) is 6.73. The van der Waals surface area contributed by atoms with Crippen molar-refractivity contribution in [2.45, 2.75) is 38.6 Å². The highest BCUT2D eigenvalue weighted by Gasteiger charge is 2.14. The summed E-state index contributed by atoms with van der Waals surface area (Å²) in [4.78, 5) is 0. The average Bonchev–Trinajstić information content (AvgIpc) is 2.45. The maximum atomic E-state index is 5.96. The number of halogens is 1. The fourth-order valence-electron chi connectivity index (χ4n) is 2.46. The molecule has 1 N–H and O–H groups in total. The minimum Gasteiger partial charge on any atom is -0.313 e. The number of hydrogen-bond acceptors (Lipinski definition) is 1. The molecule has 1 unspecified atom stereocenters. The van der Waals surface area contributed by atoms with E-state index in [0.717, 1.165) is 11.4 Å². The molecule has 1 atom stereocenters. The van der Waals surface area contributed by atoms with Crippen molar-refractivity contribution in [2.24, 2.45) is 0 Å². The number of hydrogen-bond donors (Lipinski definition) is 1. The van der Waals surface area contributed by atoms with Crippen molar-refractivity contribution in [3.05, 3.63) is 70.2 Å². The van der Waals surface area contributed by atoms with Gasteiger partial charge in [0.15, 0.2) is 0 Å². The summed E-state index contributed by atoms with van der Waals surface area (Å²) in [6.07, 6.45) is 0.975. The van der Waals surface area contributed by atoms with E-state index in [0.29, 0.717) is 6.04 Å². The maximum Gasteiger partial charge on any atom is 0.0406 e. The van der Waals surface area contributed by atoms with Gasteiger partial charge in [-0.05, 0) is 47.7 Å². The Morgan fingerprint density at radius 1 is 0.952 bits per heavy atom. The molecule has 0 spiro atoms. The largest absolute Gasteiger partial charge is 0.313 e. The van der Waals surface area contributed by atoms with E-state index in [4.69, 9.17) is 11.6 Å². The molecule has 1 nitrogen and oxygen atoms in total. The zero-order chi connectivity index (χ0) is 15.5. The summed E-state index contributed by atoms with van der Waals surface area (Å²) in [5, 5.41) is 4.17. The summed E-state index contributed by atoms with van der Waals surface area (Å²) in [7, 11) is 2.00. The van der Waals surface area contributed by atoms with Crippen LogP contribution in [0.1, 0.15) is 43.5 Å². The van der Waals surface area contributed by atoms with Crippen LogP contribution in [0.2, 0.25) is 5.02 Å². The third kappa shape index (κ3) is 4.33. The van der Waals surface area contributed by atoms with Crippen molar-refractivity contribution in [1.29, 1.82) is 0 Å². The van der Waals surface area contributed by atoms with E-state index in [1.807, 2.05) is 19.2 Å². The maximum absolute atomic E-state index is 5.96. The van der Waals surface area contributed by atoms with Gasteiger partial charge in [0.05, 0.1) is 0 Å². The minimum absolute atomic E-state index is 0.205. The monoisotopic (exact) mass is 301 g/mol. The van der Waals surface area contributed by atoms with Gasteiger partial charge in [-0.1, -0.05) is 68.8 Å². The Morgan fingerprint density at radius 3 is 2.00 bits per heavy atom. The molecular weight excluding hydrogens is 278 g/mol. The molecule has 21 heavy (non-hydrogen) atoms. The first-order valence-corrected chi connectivity index (χ1v) is 7.80. The molecule has 0 amide bonds. The van der Waals surface area contributed by atoms with Gasteiger partial charge in [-0.15, -0.1) is 0 Å². The molecular formula is C19H24ClN. The first kappa shape index (κ1) is 16.1. The second kappa shape index (κ2) is 6.64. The molecule has 0 aliphatic carbocycles. The molecule has 0 aliphatic heterocycles. The molecule has 0 bridgehead atoms. The summed E-state index contributed by atoms with van der Waals surface area (Å²) in [6, 6.07) is 17.3. The van der Waals surface area contributed by atoms with Gasteiger partial charge in [-0.2, -0.15) is 0 Å². The Labute approximate surface area is 133 Å². The van der Waals surface area contributed by atoms with Crippen LogP contribution >= 0.6 is 11.6 Å². The molecule has 0 saturated heterocycles. The van der Waals surface area contributed by atoms with Gasteiger partial charge in [0.2, 0.25) is 0 Å². The Balaban J connectivity index is 2.13. The van der Waals surface area contributed by atoms with Crippen LogP contribution in [0.3, 0.4) is 0 Å². The standard InChI is InChI=1S/C19H24ClN/c1-19(2,3)16-9-5-14(6-10-16)13-18(21-4)15-7-11-17(20)12-8-15/h5-12,18,21H,13H2,1-4H3. The summed E-state index contributed by atoms with van der Waals surface area (Å²) >= 11 is 5.96. The Hall–Kier alpha value is -1.31. The van der Waals surface area contributed by atoms with Gasteiger partial charge in [-0.3, -0.25) is 0 Å². The van der Waals surface area contributed by atoms with E-state index in [2.05, 4.69) is 62.5 Å².